The zero-order chi connectivity index (χ0) is 24.7. The summed E-state index contributed by atoms with van der Waals surface area (Å²) in [4.78, 5) is 26.9. The van der Waals surface area contributed by atoms with Crippen LogP contribution < -0.4 is 15.3 Å². The number of anilines is 1. The van der Waals surface area contributed by atoms with Crippen molar-refractivity contribution >= 4 is 27.8 Å². The van der Waals surface area contributed by atoms with Crippen molar-refractivity contribution in [1.29, 1.82) is 0 Å². The molecule has 3 aliphatic heterocycles. The predicted octanol–water partition coefficient (Wildman–Crippen LogP) is 2.56. The summed E-state index contributed by atoms with van der Waals surface area (Å²) in [6.45, 7) is 2.54. The number of hydrogen-bond donors (Lipinski definition) is 0. The lowest BCUT2D eigenvalue weighted by atomic mass is 10.0. The van der Waals surface area contributed by atoms with Crippen molar-refractivity contribution in [1.82, 2.24) is 24.0 Å². The number of imidazole rings is 1. The molecule has 9 nitrogen and oxygen atoms in total. The molecule has 6 heterocycles. The first-order valence-electron chi connectivity index (χ1n) is 12.3. The number of rotatable bonds is 3. The maximum atomic E-state index is 15.7. The Morgan fingerprint density at radius 2 is 2.03 bits per heavy atom. The van der Waals surface area contributed by atoms with Crippen molar-refractivity contribution in [2.24, 2.45) is 7.05 Å². The molecular weight excluding hydrogens is 463 g/mol. The van der Waals surface area contributed by atoms with Crippen LogP contribution in [0.1, 0.15) is 12.5 Å². The van der Waals surface area contributed by atoms with Crippen LogP contribution in [0, 0.1) is 5.82 Å². The number of aromatic nitrogens is 4. The van der Waals surface area contributed by atoms with Crippen molar-refractivity contribution in [3.63, 3.8) is 0 Å². The Labute approximate surface area is 206 Å². The lowest BCUT2D eigenvalue weighted by Crippen LogP contribution is -2.34. The van der Waals surface area contributed by atoms with Gasteiger partial charge in [-0.25, -0.2) is 14.2 Å². The van der Waals surface area contributed by atoms with E-state index in [4.69, 9.17) is 14.5 Å². The second-order valence-electron chi connectivity index (χ2n) is 10.2. The average Bonchev–Trinajstić information content (AvgIpc) is 3.57. The van der Waals surface area contributed by atoms with E-state index < -0.39 is 11.9 Å². The van der Waals surface area contributed by atoms with Crippen LogP contribution >= 0.6 is 0 Å². The van der Waals surface area contributed by atoms with Crippen LogP contribution in [0.3, 0.4) is 0 Å². The van der Waals surface area contributed by atoms with Gasteiger partial charge in [0.2, 0.25) is 0 Å². The smallest absolute Gasteiger partial charge is 0.329 e. The van der Waals surface area contributed by atoms with Crippen molar-refractivity contribution in [2.75, 3.05) is 45.3 Å². The van der Waals surface area contributed by atoms with E-state index in [1.54, 1.807) is 28.6 Å². The largest absolute Gasteiger partial charge is 0.484 e. The minimum Gasteiger partial charge on any atom is -0.484 e. The van der Waals surface area contributed by atoms with Crippen molar-refractivity contribution < 1.29 is 13.9 Å². The van der Waals surface area contributed by atoms with E-state index in [-0.39, 0.29) is 11.7 Å². The Morgan fingerprint density at radius 3 is 2.78 bits per heavy atom. The predicted molar refractivity (Wildman–Crippen MR) is 134 cm³/mol. The number of hydrogen-bond acceptors (Lipinski definition) is 7. The Bertz CT molecular complexity index is 1580. The lowest BCUT2D eigenvalue weighted by Gasteiger charge is -2.22. The summed E-state index contributed by atoms with van der Waals surface area (Å²) in [5.74, 6) is 0.833. The Kier molecular flexibility index (Phi) is 4.68. The van der Waals surface area contributed by atoms with E-state index in [1.165, 1.54) is 6.07 Å². The number of ether oxygens (including phenoxy) is 2. The molecule has 3 unspecified atom stereocenters. The summed E-state index contributed by atoms with van der Waals surface area (Å²) >= 11 is 0. The van der Waals surface area contributed by atoms with Gasteiger partial charge in [-0.1, -0.05) is 0 Å². The molecule has 186 valence electrons. The average molecular weight is 491 g/mol. The highest BCUT2D eigenvalue weighted by Crippen LogP contribution is 2.45. The molecule has 2 saturated heterocycles. The van der Waals surface area contributed by atoms with Crippen LogP contribution in [0.15, 0.2) is 35.4 Å². The van der Waals surface area contributed by atoms with Gasteiger partial charge in [0.1, 0.15) is 29.5 Å². The number of aryl methyl sites for hydroxylation is 1. The summed E-state index contributed by atoms with van der Waals surface area (Å²) in [5.41, 5.74) is 2.64. The monoisotopic (exact) mass is 490 g/mol. The first kappa shape index (κ1) is 21.8. The lowest BCUT2D eigenvalue weighted by molar-refractivity contribution is 0.140. The van der Waals surface area contributed by atoms with Crippen molar-refractivity contribution in [3.8, 4) is 16.9 Å². The molecule has 7 rings (SSSR count). The molecule has 2 fully saturated rings. The zero-order valence-electron chi connectivity index (χ0n) is 20.4. The maximum absolute atomic E-state index is 15.7. The van der Waals surface area contributed by atoms with E-state index in [0.29, 0.717) is 58.1 Å². The fourth-order valence-corrected chi connectivity index (χ4v) is 5.93. The number of likely N-dealkylation sites (N-methyl/N-ethyl adjacent to an activating group) is 1. The van der Waals surface area contributed by atoms with Gasteiger partial charge in [-0.05, 0) is 32.6 Å². The molecule has 3 atom stereocenters. The number of fused-ring (bicyclic) bond motifs is 2. The van der Waals surface area contributed by atoms with Crippen LogP contribution in [0.25, 0.3) is 33.1 Å². The molecular formula is C26H27FN6O3. The second kappa shape index (κ2) is 7.75. The number of pyridine rings is 2. The van der Waals surface area contributed by atoms with Crippen molar-refractivity contribution in [3.05, 3.63) is 46.9 Å². The van der Waals surface area contributed by atoms with Gasteiger partial charge in [-0.2, -0.15) is 0 Å². The minimum absolute atomic E-state index is 0.158. The minimum atomic E-state index is -0.435. The number of halogens is 1. The maximum Gasteiger partial charge on any atom is 0.329 e. The molecule has 0 radical (unpaired) electrons. The number of benzene rings is 1. The highest BCUT2D eigenvalue weighted by molar-refractivity contribution is 6.09. The fourth-order valence-electron chi connectivity index (χ4n) is 5.93. The molecule has 0 aliphatic carbocycles. The third kappa shape index (κ3) is 2.97. The molecule has 0 amide bonds. The normalized spacial score (nSPS) is 23.1. The van der Waals surface area contributed by atoms with Gasteiger partial charge in [0.25, 0.3) is 0 Å². The van der Waals surface area contributed by atoms with Crippen LogP contribution in [0.2, 0.25) is 0 Å². The van der Waals surface area contributed by atoms with Gasteiger partial charge in [0.15, 0.2) is 0 Å². The Morgan fingerprint density at radius 1 is 1.17 bits per heavy atom. The molecule has 1 aromatic carbocycles. The molecule has 3 aromatic heterocycles. The van der Waals surface area contributed by atoms with Crippen LogP contribution in [0.5, 0.6) is 5.75 Å². The van der Waals surface area contributed by atoms with Gasteiger partial charge >= 0.3 is 5.69 Å². The van der Waals surface area contributed by atoms with E-state index >= 15 is 4.39 Å². The third-order valence-electron chi connectivity index (χ3n) is 7.97. The Hall–Kier alpha value is -3.50. The van der Waals surface area contributed by atoms with E-state index in [9.17, 15) is 4.79 Å². The standard InChI is InChI=1S/C26H27FN6O3/c1-30(2)15-6-7-32(11-15)21-5-4-14(9-29-21)22-16(27)8-17-23-24-18(10-28-17)31(3)26(34)33(24)19-12-35-13-20(19)36-25(22)23/h4-5,8-10,15,19-20H,6-7,11-13H2,1-3H3. The first-order chi connectivity index (χ1) is 17.4. The van der Waals surface area contributed by atoms with Gasteiger partial charge < -0.3 is 19.3 Å². The van der Waals surface area contributed by atoms with Crippen LogP contribution in [-0.4, -0.2) is 76.5 Å². The molecule has 4 aromatic rings. The first-order valence-corrected chi connectivity index (χ1v) is 12.3. The van der Waals surface area contributed by atoms with Gasteiger partial charge in [-0.3, -0.25) is 14.1 Å². The van der Waals surface area contributed by atoms with E-state index in [0.717, 1.165) is 25.3 Å². The molecule has 3 aliphatic rings. The zero-order valence-corrected chi connectivity index (χ0v) is 20.4. The van der Waals surface area contributed by atoms with E-state index in [2.05, 4.69) is 28.9 Å². The summed E-state index contributed by atoms with van der Waals surface area (Å²) in [6.07, 6.45) is 4.01. The van der Waals surface area contributed by atoms with Crippen LogP contribution in [0.4, 0.5) is 10.2 Å². The second-order valence-corrected chi connectivity index (χ2v) is 10.2. The summed E-state index contributed by atoms with van der Waals surface area (Å²) in [7, 11) is 5.92. The summed E-state index contributed by atoms with van der Waals surface area (Å²) in [6, 6.07) is 5.46. The van der Waals surface area contributed by atoms with Crippen LogP contribution in [-0.2, 0) is 11.8 Å². The molecule has 0 spiro atoms. The summed E-state index contributed by atoms with van der Waals surface area (Å²) < 4.78 is 31.2. The third-order valence-corrected chi connectivity index (χ3v) is 7.97. The molecule has 0 saturated carbocycles. The molecule has 10 heteroatoms. The van der Waals surface area contributed by atoms with E-state index in [1.807, 2.05) is 12.1 Å². The summed E-state index contributed by atoms with van der Waals surface area (Å²) in [5, 5.41) is 0.647. The topological polar surface area (TPSA) is 77.6 Å². The van der Waals surface area contributed by atoms with Crippen molar-refractivity contribution in [2.45, 2.75) is 24.6 Å². The molecule has 0 bridgehead atoms. The van der Waals surface area contributed by atoms with Gasteiger partial charge in [-0.15, -0.1) is 0 Å². The van der Waals surface area contributed by atoms with Gasteiger partial charge in [0, 0.05) is 44.0 Å². The molecule has 0 N–H and O–H groups in total. The quantitative estimate of drug-likeness (QED) is 0.437. The Balaban J connectivity index is 1.41. The SMILES string of the molecule is CN(C)C1CCN(c2ccc(-c3c(F)cc4ncc5c6c4c3OC3COCC3n6c(=O)n5C)cn2)C1. The molecule has 36 heavy (non-hydrogen) atoms. The van der Waals surface area contributed by atoms with Gasteiger partial charge in [0.05, 0.1) is 46.9 Å². The highest BCUT2D eigenvalue weighted by Gasteiger charge is 2.39. The fraction of sp³-hybridized carbons (Fsp3) is 0.423. The highest BCUT2D eigenvalue weighted by atomic mass is 19.1. The number of nitrogens with zero attached hydrogens (tertiary/aromatic N) is 6.